The van der Waals surface area contributed by atoms with Crippen LogP contribution in [0.4, 0.5) is 5.82 Å². The Bertz CT molecular complexity index is 497. The smallest absolute Gasteiger partial charge is 0.182 e. The second-order valence-corrected chi connectivity index (χ2v) is 5.11. The number of aromatic nitrogens is 1. The van der Waals surface area contributed by atoms with Gasteiger partial charge in [-0.1, -0.05) is 30.3 Å². The molecule has 1 aromatic heterocycles. The maximum Gasteiger partial charge on any atom is 0.182 e. The molecule has 1 aliphatic heterocycles. The summed E-state index contributed by atoms with van der Waals surface area (Å²) in [5.41, 5.74) is 1.38. The Hall–Kier alpha value is -1.81. The van der Waals surface area contributed by atoms with Gasteiger partial charge in [0.15, 0.2) is 12.2 Å². The zero-order valence-corrected chi connectivity index (χ0v) is 11.2. The zero-order chi connectivity index (χ0) is 13.1. The monoisotopic (exact) mass is 257 g/mol. The van der Waals surface area contributed by atoms with Crippen LogP contribution >= 0.6 is 0 Å². The van der Waals surface area contributed by atoms with Crippen LogP contribution in [0.3, 0.4) is 0 Å². The Morgan fingerprint density at radius 3 is 2.79 bits per heavy atom. The Labute approximate surface area is 113 Å². The van der Waals surface area contributed by atoms with Crippen LogP contribution in [-0.2, 0) is 6.54 Å². The number of nitrogens with zero attached hydrogens (tertiary/aromatic N) is 3. The van der Waals surface area contributed by atoms with Crippen molar-refractivity contribution in [1.29, 1.82) is 0 Å². The summed E-state index contributed by atoms with van der Waals surface area (Å²) in [7, 11) is 0. The summed E-state index contributed by atoms with van der Waals surface area (Å²) in [6.07, 6.45) is 3.22. The summed E-state index contributed by atoms with van der Waals surface area (Å²) in [5.74, 6) is 0.951. The number of anilines is 1. The van der Waals surface area contributed by atoms with Gasteiger partial charge in [0.25, 0.3) is 0 Å². The Kier molecular flexibility index (Phi) is 3.51. The summed E-state index contributed by atoms with van der Waals surface area (Å²) >= 11 is 0. The van der Waals surface area contributed by atoms with Crippen LogP contribution < -0.4 is 4.90 Å². The third-order valence-corrected chi connectivity index (χ3v) is 3.67. The third kappa shape index (κ3) is 2.79. The maximum absolute atomic E-state index is 5.07. The molecule has 1 fully saturated rings. The van der Waals surface area contributed by atoms with Gasteiger partial charge in [0.1, 0.15) is 6.26 Å². The van der Waals surface area contributed by atoms with Crippen molar-refractivity contribution in [2.75, 3.05) is 24.5 Å². The molecule has 1 aromatic carbocycles. The van der Waals surface area contributed by atoms with Gasteiger partial charge in [-0.15, -0.1) is 0 Å². The molecule has 100 valence electrons. The highest BCUT2D eigenvalue weighted by Crippen LogP contribution is 2.19. The molecular weight excluding hydrogens is 238 g/mol. The largest absolute Gasteiger partial charge is 0.449 e. The first kappa shape index (κ1) is 12.2. The molecule has 0 radical (unpaired) electrons. The van der Waals surface area contributed by atoms with Crippen molar-refractivity contribution in [1.82, 2.24) is 9.88 Å². The SMILES string of the molecule is CC1CN(Cc2ccccc2)CCN1c1cocn1. The minimum Gasteiger partial charge on any atom is -0.449 e. The lowest BCUT2D eigenvalue weighted by Gasteiger charge is -2.39. The van der Waals surface area contributed by atoms with Gasteiger partial charge in [0.05, 0.1) is 0 Å². The molecule has 2 heterocycles. The lowest BCUT2D eigenvalue weighted by molar-refractivity contribution is 0.220. The number of piperazine rings is 1. The molecule has 0 amide bonds. The first-order valence-corrected chi connectivity index (χ1v) is 6.74. The van der Waals surface area contributed by atoms with E-state index in [9.17, 15) is 0 Å². The van der Waals surface area contributed by atoms with E-state index in [2.05, 4.69) is 52.0 Å². The lowest BCUT2D eigenvalue weighted by atomic mass is 10.1. The van der Waals surface area contributed by atoms with Crippen LogP contribution in [0.2, 0.25) is 0 Å². The summed E-state index contributed by atoms with van der Waals surface area (Å²) in [6.45, 7) is 6.39. The summed E-state index contributed by atoms with van der Waals surface area (Å²) in [4.78, 5) is 9.05. The van der Waals surface area contributed by atoms with Crippen molar-refractivity contribution in [2.24, 2.45) is 0 Å². The molecule has 0 saturated carbocycles. The van der Waals surface area contributed by atoms with Crippen molar-refractivity contribution >= 4 is 5.82 Å². The second kappa shape index (κ2) is 5.45. The molecule has 0 spiro atoms. The molecule has 0 N–H and O–H groups in total. The molecule has 1 saturated heterocycles. The van der Waals surface area contributed by atoms with Crippen molar-refractivity contribution in [2.45, 2.75) is 19.5 Å². The molecule has 1 unspecified atom stereocenters. The number of benzene rings is 1. The molecule has 3 rings (SSSR count). The van der Waals surface area contributed by atoms with Crippen LogP contribution in [0.1, 0.15) is 12.5 Å². The normalized spacial score (nSPS) is 20.7. The van der Waals surface area contributed by atoms with E-state index in [4.69, 9.17) is 4.42 Å². The quantitative estimate of drug-likeness (QED) is 0.845. The molecule has 4 nitrogen and oxygen atoms in total. The fourth-order valence-electron chi connectivity index (χ4n) is 2.71. The van der Waals surface area contributed by atoms with E-state index >= 15 is 0 Å². The van der Waals surface area contributed by atoms with Gasteiger partial charge in [0.2, 0.25) is 0 Å². The van der Waals surface area contributed by atoms with Gasteiger partial charge >= 0.3 is 0 Å². The molecule has 2 aromatic rings. The topological polar surface area (TPSA) is 32.5 Å². The number of hydrogen-bond donors (Lipinski definition) is 0. The Morgan fingerprint density at radius 1 is 1.26 bits per heavy atom. The van der Waals surface area contributed by atoms with E-state index in [0.29, 0.717) is 6.04 Å². The summed E-state index contributed by atoms with van der Waals surface area (Å²) in [5, 5.41) is 0. The number of oxazole rings is 1. The highest BCUT2D eigenvalue weighted by molar-refractivity contribution is 5.36. The minimum atomic E-state index is 0.461. The predicted octanol–water partition coefficient (Wildman–Crippen LogP) is 2.39. The van der Waals surface area contributed by atoms with E-state index in [-0.39, 0.29) is 0 Å². The van der Waals surface area contributed by atoms with Gasteiger partial charge < -0.3 is 9.32 Å². The van der Waals surface area contributed by atoms with Crippen LogP contribution in [0.25, 0.3) is 0 Å². The van der Waals surface area contributed by atoms with Gasteiger partial charge in [-0.25, -0.2) is 0 Å². The number of hydrogen-bond acceptors (Lipinski definition) is 4. The summed E-state index contributed by atoms with van der Waals surface area (Å²) < 4.78 is 5.07. The lowest BCUT2D eigenvalue weighted by Crippen LogP contribution is -2.51. The predicted molar refractivity (Wildman–Crippen MR) is 75.0 cm³/mol. The fraction of sp³-hybridized carbons (Fsp3) is 0.400. The van der Waals surface area contributed by atoms with Crippen LogP contribution in [-0.4, -0.2) is 35.6 Å². The highest BCUT2D eigenvalue weighted by atomic mass is 16.3. The van der Waals surface area contributed by atoms with E-state index < -0.39 is 0 Å². The molecular formula is C15H19N3O. The molecule has 1 aliphatic rings. The Balaban J connectivity index is 1.61. The fourth-order valence-corrected chi connectivity index (χ4v) is 2.71. The average molecular weight is 257 g/mol. The minimum absolute atomic E-state index is 0.461. The van der Waals surface area contributed by atoms with E-state index in [1.807, 2.05) is 0 Å². The van der Waals surface area contributed by atoms with Crippen molar-refractivity contribution in [3.05, 3.63) is 48.6 Å². The van der Waals surface area contributed by atoms with Crippen LogP contribution in [0.5, 0.6) is 0 Å². The first-order valence-electron chi connectivity index (χ1n) is 6.74. The van der Waals surface area contributed by atoms with Crippen LogP contribution in [0, 0.1) is 0 Å². The van der Waals surface area contributed by atoms with E-state index in [0.717, 1.165) is 32.0 Å². The van der Waals surface area contributed by atoms with Gasteiger partial charge in [0, 0.05) is 32.2 Å². The Morgan fingerprint density at radius 2 is 2.11 bits per heavy atom. The van der Waals surface area contributed by atoms with Crippen molar-refractivity contribution < 1.29 is 4.42 Å². The molecule has 19 heavy (non-hydrogen) atoms. The number of rotatable bonds is 3. The summed E-state index contributed by atoms with van der Waals surface area (Å²) in [6, 6.07) is 11.1. The molecule has 0 bridgehead atoms. The van der Waals surface area contributed by atoms with Gasteiger partial charge in [-0.3, -0.25) is 4.90 Å². The standard InChI is InChI=1S/C15H19N3O/c1-13-9-17(10-14-5-3-2-4-6-14)7-8-18(13)15-11-19-12-16-15/h2-6,11-13H,7-10H2,1H3. The van der Waals surface area contributed by atoms with Crippen LogP contribution in [0.15, 0.2) is 47.4 Å². The van der Waals surface area contributed by atoms with E-state index in [1.54, 1.807) is 6.26 Å². The first-order chi connectivity index (χ1) is 9.33. The van der Waals surface area contributed by atoms with Gasteiger partial charge in [-0.2, -0.15) is 4.98 Å². The highest BCUT2D eigenvalue weighted by Gasteiger charge is 2.25. The third-order valence-electron chi connectivity index (χ3n) is 3.67. The zero-order valence-electron chi connectivity index (χ0n) is 11.2. The van der Waals surface area contributed by atoms with E-state index in [1.165, 1.54) is 12.0 Å². The second-order valence-electron chi connectivity index (χ2n) is 5.11. The molecule has 1 atom stereocenters. The molecule has 4 heteroatoms. The van der Waals surface area contributed by atoms with Gasteiger partial charge in [-0.05, 0) is 12.5 Å². The van der Waals surface area contributed by atoms with Crippen molar-refractivity contribution in [3.63, 3.8) is 0 Å². The molecule has 0 aliphatic carbocycles. The maximum atomic E-state index is 5.07. The van der Waals surface area contributed by atoms with Crippen molar-refractivity contribution in [3.8, 4) is 0 Å². The average Bonchev–Trinajstić information content (AvgIpc) is 2.94.